The zero-order valence-corrected chi connectivity index (χ0v) is 11.0. The molecular weight excluding hydrogens is 228 g/mol. The van der Waals surface area contributed by atoms with E-state index in [9.17, 15) is 4.79 Å². The van der Waals surface area contributed by atoms with Gasteiger partial charge in [0, 0.05) is 0 Å². The van der Waals surface area contributed by atoms with Crippen LogP contribution in [-0.4, -0.2) is 13.1 Å². The second kappa shape index (κ2) is 6.01. The molecule has 0 amide bonds. The van der Waals surface area contributed by atoms with Gasteiger partial charge in [-0.15, -0.1) is 0 Å². The first-order valence-electron chi connectivity index (χ1n) is 6.50. The Hall–Kier alpha value is -1.35. The molecule has 2 rings (SSSR count). The van der Waals surface area contributed by atoms with Gasteiger partial charge in [-0.05, 0) is 44.1 Å². The van der Waals surface area contributed by atoms with Crippen molar-refractivity contribution >= 4 is 5.97 Å². The molecule has 1 saturated carbocycles. The molecule has 1 fully saturated rings. The normalized spacial score (nSPS) is 21.7. The summed E-state index contributed by atoms with van der Waals surface area (Å²) in [5, 5.41) is 0. The van der Waals surface area contributed by atoms with Gasteiger partial charge >= 0.3 is 5.97 Å². The predicted octanol–water partition coefficient (Wildman–Crippen LogP) is 3.06. The van der Waals surface area contributed by atoms with Crippen LogP contribution in [0.15, 0.2) is 24.3 Å². The highest BCUT2D eigenvalue weighted by atomic mass is 17.2. The zero-order chi connectivity index (χ0) is 13.0. The number of aryl methyl sites for hydroxylation is 2. The minimum absolute atomic E-state index is 0.0717. The van der Waals surface area contributed by atoms with Crippen LogP contribution in [0.1, 0.15) is 30.4 Å². The van der Waals surface area contributed by atoms with Crippen molar-refractivity contribution in [1.82, 2.24) is 0 Å². The Kier molecular flexibility index (Phi) is 4.37. The predicted molar refractivity (Wildman–Crippen MR) is 68.8 cm³/mol. The van der Waals surface area contributed by atoms with Crippen LogP contribution in [0.25, 0.3) is 0 Å². The molecule has 2 unspecified atom stereocenters. The van der Waals surface area contributed by atoms with Gasteiger partial charge in [-0.25, -0.2) is 4.79 Å². The molecule has 1 aromatic rings. The molecule has 0 bridgehead atoms. The minimum atomic E-state index is -0.210. The number of hydrogen-bond acceptors (Lipinski definition) is 3. The van der Waals surface area contributed by atoms with Crippen molar-refractivity contribution in [2.24, 2.45) is 11.8 Å². The van der Waals surface area contributed by atoms with Gasteiger partial charge in [0.15, 0.2) is 0 Å². The largest absolute Gasteiger partial charge is 0.345 e. The SMILES string of the molecule is COOC(=O)C1CC1CCCc1cccc(C)c1. The third-order valence-electron chi connectivity index (χ3n) is 3.51. The maximum Gasteiger partial charge on any atom is 0.345 e. The number of hydrogen-bond donors (Lipinski definition) is 0. The molecule has 3 heteroatoms. The van der Waals surface area contributed by atoms with Gasteiger partial charge in [0.2, 0.25) is 0 Å². The molecule has 3 nitrogen and oxygen atoms in total. The standard InChI is InChI=1S/C15H20O3/c1-11-5-3-6-12(9-11)7-4-8-13-10-14(13)15(16)18-17-2/h3,5-6,9,13-14H,4,7-8,10H2,1-2H3. The maximum atomic E-state index is 11.3. The lowest BCUT2D eigenvalue weighted by Gasteiger charge is -2.02. The summed E-state index contributed by atoms with van der Waals surface area (Å²) in [6, 6.07) is 8.60. The lowest BCUT2D eigenvalue weighted by atomic mass is 10.0. The van der Waals surface area contributed by atoms with Crippen molar-refractivity contribution in [1.29, 1.82) is 0 Å². The molecule has 2 atom stereocenters. The lowest BCUT2D eigenvalue weighted by Crippen LogP contribution is -2.07. The average molecular weight is 248 g/mol. The van der Waals surface area contributed by atoms with Crippen LogP contribution in [0, 0.1) is 18.8 Å². The van der Waals surface area contributed by atoms with Gasteiger partial charge in [0.1, 0.15) is 0 Å². The second-order valence-corrected chi connectivity index (χ2v) is 5.05. The third-order valence-corrected chi connectivity index (χ3v) is 3.51. The van der Waals surface area contributed by atoms with Gasteiger partial charge < -0.3 is 0 Å². The van der Waals surface area contributed by atoms with Crippen LogP contribution in [-0.2, 0) is 21.0 Å². The molecule has 0 N–H and O–H groups in total. The Bertz CT molecular complexity index is 414. The van der Waals surface area contributed by atoms with E-state index in [4.69, 9.17) is 0 Å². The van der Waals surface area contributed by atoms with Crippen molar-refractivity contribution in [3.63, 3.8) is 0 Å². The molecule has 0 heterocycles. The topological polar surface area (TPSA) is 35.5 Å². The fourth-order valence-corrected chi connectivity index (χ4v) is 2.44. The first-order chi connectivity index (χ1) is 8.70. The summed E-state index contributed by atoms with van der Waals surface area (Å²) in [5.41, 5.74) is 2.69. The summed E-state index contributed by atoms with van der Waals surface area (Å²) in [4.78, 5) is 20.3. The van der Waals surface area contributed by atoms with Crippen molar-refractivity contribution in [3.8, 4) is 0 Å². The Morgan fingerprint density at radius 1 is 1.44 bits per heavy atom. The molecule has 0 radical (unpaired) electrons. The van der Waals surface area contributed by atoms with E-state index in [2.05, 4.69) is 41.0 Å². The van der Waals surface area contributed by atoms with Crippen molar-refractivity contribution in [2.45, 2.75) is 32.6 Å². The van der Waals surface area contributed by atoms with E-state index in [1.165, 1.54) is 18.2 Å². The van der Waals surface area contributed by atoms with E-state index in [0.717, 1.165) is 25.7 Å². The van der Waals surface area contributed by atoms with Crippen molar-refractivity contribution < 1.29 is 14.6 Å². The molecule has 0 spiro atoms. The Labute approximate surface area is 108 Å². The molecule has 0 aliphatic heterocycles. The summed E-state index contributed by atoms with van der Waals surface area (Å²) in [6.45, 7) is 2.11. The molecule has 0 aromatic heterocycles. The fourth-order valence-electron chi connectivity index (χ4n) is 2.44. The molecule has 98 valence electrons. The Morgan fingerprint density at radius 2 is 2.28 bits per heavy atom. The quantitative estimate of drug-likeness (QED) is 0.573. The summed E-state index contributed by atoms with van der Waals surface area (Å²) >= 11 is 0. The minimum Gasteiger partial charge on any atom is -0.298 e. The zero-order valence-electron chi connectivity index (χ0n) is 11.0. The number of benzene rings is 1. The highest BCUT2D eigenvalue weighted by Gasteiger charge is 2.44. The third kappa shape index (κ3) is 3.57. The average Bonchev–Trinajstić information content (AvgIpc) is 3.09. The van der Waals surface area contributed by atoms with E-state index < -0.39 is 0 Å². The molecule has 1 aliphatic rings. The lowest BCUT2D eigenvalue weighted by molar-refractivity contribution is -0.256. The molecule has 18 heavy (non-hydrogen) atoms. The molecule has 1 aliphatic carbocycles. The van der Waals surface area contributed by atoms with E-state index >= 15 is 0 Å². The van der Waals surface area contributed by atoms with Gasteiger partial charge in [0.05, 0.1) is 13.0 Å². The molecule has 1 aromatic carbocycles. The van der Waals surface area contributed by atoms with E-state index in [0.29, 0.717) is 5.92 Å². The Balaban J connectivity index is 1.67. The summed E-state index contributed by atoms with van der Waals surface area (Å²) in [7, 11) is 1.37. The number of carbonyl (C=O) groups is 1. The number of rotatable bonds is 6. The van der Waals surface area contributed by atoms with Gasteiger partial charge in [-0.1, -0.05) is 29.8 Å². The Morgan fingerprint density at radius 3 is 3.00 bits per heavy atom. The molecular formula is C15H20O3. The summed E-state index contributed by atoms with van der Waals surface area (Å²) in [6.07, 6.45) is 4.27. The van der Waals surface area contributed by atoms with Crippen LogP contribution < -0.4 is 0 Å². The first-order valence-corrected chi connectivity index (χ1v) is 6.50. The summed E-state index contributed by atoms with van der Waals surface area (Å²) in [5.74, 6) is 0.359. The van der Waals surface area contributed by atoms with Crippen LogP contribution in [0.3, 0.4) is 0 Å². The van der Waals surface area contributed by atoms with Crippen molar-refractivity contribution in [3.05, 3.63) is 35.4 Å². The number of carbonyl (C=O) groups excluding carboxylic acids is 1. The van der Waals surface area contributed by atoms with Gasteiger partial charge in [-0.3, -0.25) is 4.89 Å². The summed E-state index contributed by atoms with van der Waals surface area (Å²) < 4.78 is 0. The smallest absolute Gasteiger partial charge is 0.298 e. The van der Waals surface area contributed by atoms with Crippen LogP contribution in [0.4, 0.5) is 0 Å². The maximum absolute atomic E-state index is 11.3. The van der Waals surface area contributed by atoms with Gasteiger partial charge in [-0.2, -0.15) is 4.89 Å². The van der Waals surface area contributed by atoms with E-state index in [-0.39, 0.29) is 11.9 Å². The fraction of sp³-hybridized carbons (Fsp3) is 0.533. The first kappa shape index (κ1) is 13.1. The monoisotopic (exact) mass is 248 g/mol. The van der Waals surface area contributed by atoms with E-state index in [1.54, 1.807) is 0 Å². The van der Waals surface area contributed by atoms with Crippen LogP contribution in [0.2, 0.25) is 0 Å². The van der Waals surface area contributed by atoms with Crippen molar-refractivity contribution in [2.75, 3.05) is 7.11 Å². The van der Waals surface area contributed by atoms with Crippen LogP contribution >= 0.6 is 0 Å². The van der Waals surface area contributed by atoms with Gasteiger partial charge in [0.25, 0.3) is 0 Å². The van der Waals surface area contributed by atoms with E-state index in [1.807, 2.05) is 0 Å². The highest BCUT2D eigenvalue weighted by molar-refractivity contribution is 5.75. The highest BCUT2D eigenvalue weighted by Crippen LogP contribution is 2.43. The second-order valence-electron chi connectivity index (χ2n) is 5.05. The van der Waals surface area contributed by atoms with Crippen LogP contribution in [0.5, 0.6) is 0 Å². The molecule has 0 saturated heterocycles.